The van der Waals surface area contributed by atoms with Gasteiger partial charge in [0.1, 0.15) is 0 Å². The largest absolute Gasteiger partial charge is 0.507 e. The van der Waals surface area contributed by atoms with Crippen LogP contribution in [0.5, 0.6) is 0 Å². The minimum atomic E-state index is -2.20. The monoisotopic (exact) mass is 185 g/mol. The molecule has 0 bridgehead atoms. The summed E-state index contributed by atoms with van der Waals surface area (Å²) in [5.74, 6) is -2.65. The Labute approximate surface area is 77.0 Å². The van der Waals surface area contributed by atoms with Crippen molar-refractivity contribution in [3.8, 4) is 0 Å². The highest BCUT2D eigenvalue weighted by Crippen LogP contribution is 2.24. The van der Waals surface area contributed by atoms with Gasteiger partial charge in [-0.1, -0.05) is 6.08 Å². The molecular weight excluding hydrogens is 170 g/mol. The molecule has 2 atom stereocenters. The lowest BCUT2D eigenvalue weighted by molar-refractivity contribution is -0.113. The van der Waals surface area contributed by atoms with E-state index in [1.165, 1.54) is 6.08 Å². The fraction of sp³-hybridized carbons (Fsp3) is 0.556. The summed E-state index contributed by atoms with van der Waals surface area (Å²) >= 11 is 0. The first-order valence-electron chi connectivity index (χ1n) is 4.23. The Morgan fingerprint density at radius 1 is 1.62 bits per heavy atom. The Bertz CT molecular complexity index is 243. The number of nitrogens with two attached hydrogens (primary N) is 1. The van der Waals surface area contributed by atoms with Crippen LogP contribution in [0.15, 0.2) is 24.0 Å². The lowest BCUT2D eigenvalue weighted by Crippen LogP contribution is -2.31. The summed E-state index contributed by atoms with van der Waals surface area (Å²) < 4.78 is 0. The molecule has 2 unspecified atom stereocenters. The van der Waals surface area contributed by atoms with Crippen molar-refractivity contribution in [1.29, 1.82) is 0 Å². The standard InChI is InChI=1S/C9H15NO3/c1-6(10)4-7-2-3-9(12,13)8(11)5-7/h2-3,5-7,11-13H,4,10H2,1H3. The Morgan fingerprint density at radius 2 is 2.23 bits per heavy atom. The zero-order valence-electron chi connectivity index (χ0n) is 7.51. The number of hydrogen-bond donors (Lipinski definition) is 4. The Hall–Kier alpha value is -0.840. The lowest BCUT2D eigenvalue weighted by Gasteiger charge is -2.23. The maximum absolute atomic E-state index is 9.19. The van der Waals surface area contributed by atoms with Gasteiger partial charge in [-0.15, -0.1) is 0 Å². The van der Waals surface area contributed by atoms with Crippen LogP contribution in [0.1, 0.15) is 13.3 Å². The molecule has 1 aliphatic rings. The molecule has 0 aromatic rings. The maximum Gasteiger partial charge on any atom is 0.242 e. The molecule has 13 heavy (non-hydrogen) atoms. The Balaban J connectivity index is 2.67. The van der Waals surface area contributed by atoms with Crippen molar-refractivity contribution >= 4 is 0 Å². The Kier molecular flexibility index (Phi) is 2.75. The van der Waals surface area contributed by atoms with Gasteiger partial charge in [0, 0.05) is 12.0 Å². The molecule has 0 saturated carbocycles. The fourth-order valence-corrected chi connectivity index (χ4v) is 1.30. The van der Waals surface area contributed by atoms with Crippen molar-refractivity contribution in [3.05, 3.63) is 24.0 Å². The second kappa shape index (κ2) is 3.49. The smallest absolute Gasteiger partial charge is 0.242 e. The molecule has 1 aliphatic carbocycles. The molecule has 0 radical (unpaired) electrons. The average Bonchev–Trinajstić information content (AvgIpc) is 1.97. The van der Waals surface area contributed by atoms with Crippen molar-refractivity contribution < 1.29 is 15.3 Å². The van der Waals surface area contributed by atoms with Crippen LogP contribution in [-0.4, -0.2) is 27.1 Å². The van der Waals surface area contributed by atoms with Gasteiger partial charge in [0.05, 0.1) is 0 Å². The van der Waals surface area contributed by atoms with E-state index in [-0.39, 0.29) is 12.0 Å². The van der Waals surface area contributed by atoms with E-state index in [4.69, 9.17) is 15.9 Å². The molecule has 0 aliphatic heterocycles. The first kappa shape index (κ1) is 10.2. The minimum Gasteiger partial charge on any atom is -0.507 e. The summed E-state index contributed by atoms with van der Waals surface area (Å²) in [4.78, 5) is 0. The Morgan fingerprint density at radius 3 is 2.69 bits per heavy atom. The van der Waals surface area contributed by atoms with Crippen molar-refractivity contribution in [2.75, 3.05) is 0 Å². The number of aliphatic hydroxyl groups is 3. The van der Waals surface area contributed by atoms with Crippen molar-refractivity contribution in [2.24, 2.45) is 11.7 Å². The van der Waals surface area contributed by atoms with E-state index in [0.717, 1.165) is 6.08 Å². The topological polar surface area (TPSA) is 86.7 Å². The number of aliphatic hydroxyl groups excluding tert-OH is 1. The second-order valence-corrected chi connectivity index (χ2v) is 3.51. The molecule has 4 heteroatoms. The molecule has 1 rings (SSSR count). The molecule has 4 nitrogen and oxygen atoms in total. The molecular formula is C9H15NO3. The fourth-order valence-electron chi connectivity index (χ4n) is 1.30. The van der Waals surface area contributed by atoms with Gasteiger partial charge in [-0.25, -0.2) is 0 Å². The molecule has 0 amide bonds. The van der Waals surface area contributed by atoms with Gasteiger partial charge in [0.25, 0.3) is 0 Å². The van der Waals surface area contributed by atoms with Crippen LogP contribution >= 0.6 is 0 Å². The average molecular weight is 185 g/mol. The third-order valence-electron chi connectivity index (χ3n) is 1.97. The predicted molar refractivity (Wildman–Crippen MR) is 48.8 cm³/mol. The molecule has 74 valence electrons. The van der Waals surface area contributed by atoms with E-state index in [2.05, 4.69) is 0 Å². The van der Waals surface area contributed by atoms with E-state index in [1.807, 2.05) is 6.92 Å². The van der Waals surface area contributed by atoms with Gasteiger partial charge in [-0.2, -0.15) is 0 Å². The summed E-state index contributed by atoms with van der Waals surface area (Å²) in [7, 11) is 0. The number of hydrogen-bond acceptors (Lipinski definition) is 4. The van der Waals surface area contributed by atoms with E-state index in [9.17, 15) is 5.11 Å². The second-order valence-electron chi connectivity index (χ2n) is 3.51. The van der Waals surface area contributed by atoms with Crippen LogP contribution in [0.2, 0.25) is 0 Å². The summed E-state index contributed by atoms with van der Waals surface area (Å²) in [6.45, 7) is 1.86. The predicted octanol–water partition coefficient (Wildman–Crippen LogP) is 0.0325. The van der Waals surface area contributed by atoms with E-state index in [1.54, 1.807) is 6.08 Å². The molecule has 0 fully saturated rings. The molecule has 0 aromatic heterocycles. The van der Waals surface area contributed by atoms with Gasteiger partial charge in [-0.05, 0) is 25.5 Å². The highest BCUT2D eigenvalue weighted by Gasteiger charge is 2.29. The van der Waals surface area contributed by atoms with Gasteiger partial charge < -0.3 is 21.1 Å². The minimum absolute atomic E-state index is 0.0172. The molecule has 0 saturated heterocycles. The zero-order valence-corrected chi connectivity index (χ0v) is 7.51. The van der Waals surface area contributed by atoms with E-state index < -0.39 is 11.5 Å². The highest BCUT2D eigenvalue weighted by atomic mass is 16.5. The summed E-state index contributed by atoms with van der Waals surface area (Å²) in [6, 6.07) is 0.0172. The first-order chi connectivity index (χ1) is 5.92. The molecule has 0 spiro atoms. The van der Waals surface area contributed by atoms with Gasteiger partial charge in [-0.3, -0.25) is 0 Å². The van der Waals surface area contributed by atoms with Crippen LogP contribution < -0.4 is 5.73 Å². The van der Waals surface area contributed by atoms with Gasteiger partial charge in [0.15, 0.2) is 5.76 Å². The van der Waals surface area contributed by atoms with Crippen molar-refractivity contribution in [3.63, 3.8) is 0 Å². The lowest BCUT2D eigenvalue weighted by atomic mass is 9.93. The van der Waals surface area contributed by atoms with Crippen LogP contribution in [0.3, 0.4) is 0 Å². The van der Waals surface area contributed by atoms with Crippen LogP contribution in [-0.2, 0) is 0 Å². The highest BCUT2D eigenvalue weighted by molar-refractivity contribution is 5.22. The molecule has 0 aromatic carbocycles. The van der Waals surface area contributed by atoms with Crippen LogP contribution in [0, 0.1) is 5.92 Å². The van der Waals surface area contributed by atoms with Crippen molar-refractivity contribution in [1.82, 2.24) is 0 Å². The maximum atomic E-state index is 9.19. The summed E-state index contributed by atoms with van der Waals surface area (Å²) in [5.41, 5.74) is 5.57. The van der Waals surface area contributed by atoms with Crippen LogP contribution in [0.4, 0.5) is 0 Å². The number of rotatable bonds is 2. The molecule has 0 heterocycles. The summed E-state index contributed by atoms with van der Waals surface area (Å²) in [5, 5.41) is 27.4. The normalized spacial score (nSPS) is 28.3. The van der Waals surface area contributed by atoms with E-state index in [0.29, 0.717) is 6.42 Å². The third-order valence-corrected chi connectivity index (χ3v) is 1.97. The van der Waals surface area contributed by atoms with E-state index >= 15 is 0 Å². The number of allylic oxidation sites excluding steroid dienone is 2. The first-order valence-corrected chi connectivity index (χ1v) is 4.23. The van der Waals surface area contributed by atoms with Gasteiger partial charge in [0.2, 0.25) is 5.79 Å². The van der Waals surface area contributed by atoms with Crippen molar-refractivity contribution in [2.45, 2.75) is 25.2 Å². The summed E-state index contributed by atoms with van der Waals surface area (Å²) in [6.07, 6.45) is 4.87. The zero-order chi connectivity index (χ0) is 10.1. The molecule has 5 N–H and O–H groups in total. The third kappa shape index (κ3) is 2.55. The SMILES string of the molecule is CC(N)CC1C=CC(O)(O)C(O)=C1. The van der Waals surface area contributed by atoms with Gasteiger partial charge >= 0.3 is 0 Å². The van der Waals surface area contributed by atoms with Crippen LogP contribution in [0.25, 0.3) is 0 Å². The quantitative estimate of drug-likeness (QED) is 0.361.